The first-order valence-electron chi connectivity index (χ1n) is 7.55. The monoisotopic (exact) mass is 377 g/mol. The predicted molar refractivity (Wildman–Crippen MR) is 95.3 cm³/mol. The first kappa shape index (κ1) is 17.9. The molecule has 26 heavy (non-hydrogen) atoms. The third-order valence-electron chi connectivity index (χ3n) is 3.44. The minimum atomic E-state index is -2.86. The van der Waals surface area contributed by atoms with Gasteiger partial charge in [0.2, 0.25) is 4.80 Å². The molecule has 0 fully saturated rings. The lowest BCUT2D eigenvalue weighted by Crippen LogP contribution is -2.11. The van der Waals surface area contributed by atoms with Gasteiger partial charge in [0.25, 0.3) is 0 Å². The number of hydrogen-bond donors (Lipinski definition) is 0. The standard InChI is InChI=1S/C18H14F3N3OS/c1-22-18-24(23-10-12-2-6-14(19)7-3-12)16(11-26-18)13-4-8-15(9-5-13)25-17(20)21/h2-11,17H,1H3/b22-18?,23-10-. The van der Waals surface area contributed by atoms with Crippen LogP contribution in [0.3, 0.4) is 0 Å². The van der Waals surface area contributed by atoms with Crippen LogP contribution in [0.5, 0.6) is 5.75 Å². The summed E-state index contributed by atoms with van der Waals surface area (Å²) in [6.07, 6.45) is 1.60. The molecular formula is C18H14F3N3OS. The van der Waals surface area contributed by atoms with E-state index >= 15 is 0 Å². The van der Waals surface area contributed by atoms with E-state index in [4.69, 9.17) is 0 Å². The number of alkyl halides is 2. The minimum Gasteiger partial charge on any atom is -0.435 e. The lowest BCUT2D eigenvalue weighted by atomic mass is 10.2. The van der Waals surface area contributed by atoms with Crippen molar-refractivity contribution in [2.45, 2.75) is 6.61 Å². The van der Waals surface area contributed by atoms with Gasteiger partial charge in [-0.3, -0.25) is 4.99 Å². The Kier molecular flexibility index (Phi) is 5.52. The Morgan fingerprint density at radius 1 is 1.08 bits per heavy atom. The largest absolute Gasteiger partial charge is 0.435 e. The summed E-state index contributed by atoms with van der Waals surface area (Å²) in [6, 6.07) is 12.2. The molecule has 0 amide bonds. The molecule has 0 radical (unpaired) electrons. The second kappa shape index (κ2) is 8.01. The van der Waals surface area contributed by atoms with Crippen molar-refractivity contribution in [3.05, 3.63) is 70.1 Å². The van der Waals surface area contributed by atoms with Gasteiger partial charge in [-0.25, -0.2) is 9.07 Å². The Morgan fingerprint density at radius 3 is 2.38 bits per heavy atom. The molecule has 0 aliphatic rings. The topological polar surface area (TPSA) is 38.9 Å². The second-order valence-electron chi connectivity index (χ2n) is 5.14. The van der Waals surface area contributed by atoms with Gasteiger partial charge in [-0.05, 0) is 42.0 Å². The van der Waals surface area contributed by atoms with Crippen molar-refractivity contribution in [3.8, 4) is 17.0 Å². The summed E-state index contributed by atoms with van der Waals surface area (Å²) in [5.74, 6) is -0.234. The van der Waals surface area contributed by atoms with E-state index in [9.17, 15) is 13.2 Å². The number of nitrogens with zero attached hydrogens (tertiary/aromatic N) is 3. The van der Waals surface area contributed by atoms with Gasteiger partial charge < -0.3 is 4.74 Å². The van der Waals surface area contributed by atoms with Crippen LogP contribution < -0.4 is 9.54 Å². The van der Waals surface area contributed by atoms with E-state index in [0.29, 0.717) is 4.80 Å². The van der Waals surface area contributed by atoms with Crippen LogP contribution >= 0.6 is 11.3 Å². The SMILES string of the molecule is CN=c1scc(-c2ccc(OC(F)F)cc2)n1/N=C\c1ccc(F)cc1. The molecular weight excluding hydrogens is 363 g/mol. The summed E-state index contributed by atoms with van der Waals surface area (Å²) in [7, 11) is 1.65. The number of aromatic nitrogens is 1. The van der Waals surface area contributed by atoms with E-state index < -0.39 is 6.61 Å². The highest BCUT2D eigenvalue weighted by Crippen LogP contribution is 2.24. The molecule has 8 heteroatoms. The van der Waals surface area contributed by atoms with Crippen molar-refractivity contribution >= 4 is 17.6 Å². The van der Waals surface area contributed by atoms with Crippen molar-refractivity contribution in [2.24, 2.45) is 10.1 Å². The molecule has 1 heterocycles. The van der Waals surface area contributed by atoms with Crippen LogP contribution in [0, 0.1) is 5.82 Å². The predicted octanol–water partition coefficient (Wildman–Crippen LogP) is 4.37. The van der Waals surface area contributed by atoms with Crippen LogP contribution in [0.2, 0.25) is 0 Å². The highest BCUT2D eigenvalue weighted by Gasteiger charge is 2.09. The quantitative estimate of drug-likeness (QED) is 0.609. The molecule has 0 saturated carbocycles. The number of ether oxygens (including phenoxy) is 1. The first-order valence-corrected chi connectivity index (χ1v) is 8.43. The highest BCUT2D eigenvalue weighted by atomic mass is 32.1. The van der Waals surface area contributed by atoms with Crippen molar-refractivity contribution in [1.29, 1.82) is 0 Å². The van der Waals surface area contributed by atoms with Gasteiger partial charge in [-0.15, -0.1) is 11.3 Å². The van der Waals surface area contributed by atoms with Crippen LogP contribution in [0.25, 0.3) is 11.3 Å². The number of benzene rings is 2. The maximum Gasteiger partial charge on any atom is 0.387 e. The maximum atomic E-state index is 13.0. The molecule has 3 aromatic rings. The van der Waals surface area contributed by atoms with E-state index in [2.05, 4.69) is 14.8 Å². The first-order chi connectivity index (χ1) is 12.6. The van der Waals surface area contributed by atoms with Gasteiger partial charge >= 0.3 is 6.61 Å². The Hall–Kier alpha value is -2.87. The Balaban J connectivity index is 1.94. The lowest BCUT2D eigenvalue weighted by Gasteiger charge is -2.06. The third kappa shape index (κ3) is 4.20. The van der Waals surface area contributed by atoms with Crippen LogP contribution in [0.4, 0.5) is 13.2 Å². The van der Waals surface area contributed by atoms with E-state index in [1.807, 2.05) is 5.38 Å². The molecule has 3 rings (SSSR count). The van der Waals surface area contributed by atoms with Crippen LogP contribution in [-0.4, -0.2) is 24.5 Å². The molecule has 0 unspecified atom stereocenters. The zero-order valence-electron chi connectivity index (χ0n) is 13.6. The van der Waals surface area contributed by atoms with Gasteiger partial charge in [-0.2, -0.15) is 13.9 Å². The fourth-order valence-corrected chi connectivity index (χ4v) is 3.04. The fraction of sp³-hybridized carbons (Fsp3) is 0.111. The lowest BCUT2D eigenvalue weighted by molar-refractivity contribution is -0.0498. The molecule has 4 nitrogen and oxygen atoms in total. The fourth-order valence-electron chi connectivity index (χ4n) is 2.24. The zero-order valence-corrected chi connectivity index (χ0v) is 14.5. The summed E-state index contributed by atoms with van der Waals surface area (Å²) < 4.78 is 43.5. The summed E-state index contributed by atoms with van der Waals surface area (Å²) in [5.41, 5.74) is 2.25. The Morgan fingerprint density at radius 2 is 1.77 bits per heavy atom. The molecule has 134 valence electrons. The zero-order chi connectivity index (χ0) is 18.5. The van der Waals surface area contributed by atoms with Crippen molar-refractivity contribution in [1.82, 2.24) is 4.68 Å². The average Bonchev–Trinajstić information content (AvgIpc) is 3.04. The molecule has 0 bridgehead atoms. The van der Waals surface area contributed by atoms with Crippen LogP contribution in [0.15, 0.2) is 64.0 Å². The van der Waals surface area contributed by atoms with E-state index in [1.54, 1.807) is 42.2 Å². The van der Waals surface area contributed by atoms with Gasteiger partial charge in [-0.1, -0.05) is 12.1 Å². The summed E-state index contributed by atoms with van der Waals surface area (Å²) in [6.45, 7) is -2.86. The van der Waals surface area contributed by atoms with E-state index in [-0.39, 0.29) is 11.6 Å². The number of thiazole rings is 1. The van der Waals surface area contributed by atoms with Gasteiger partial charge in [0.05, 0.1) is 11.9 Å². The van der Waals surface area contributed by atoms with Crippen molar-refractivity contribution in [2.75, 3.05) is 7.05 Å². The minimum absolute atomic E-state index is 0.0840. The maximum absolute atomic E-state index is 13.0. The van der Waals surface area contributed by atoms with Gasteiger partial charge in [0.15, 0.2) is 0 Å². The Labute approximate surface area is 151 Å². The number of halogens is 3. The second-order valence-corrected chi connectivity index (χ2v) is 5.97. The molecule has 0 saturated heterocycles. The molecule has 0 aliphatic heterocycles. The summed E-state index contributed by atoms with van der Waals surface area (Å²) >= 11 is 1.39. The smallest absolute Gasteiger partial charge is 0.387 e. The van der Waals surface area contributed by atoms with Crippen molar-refractivity contribution < 1.29 is 17.9 Å². The molecule has 0 aliphatic carbocycles. The molecule has 0 spiro atoms. The average molecular weight is 377 g/mol. The molecule has 2 aromatic carbocycles. The summed E-state index contributed by atoms with van der Waals surface area (Å²) in [5, 5.41) is 6.29. The highest BCUT2D eigenvalue weighted by molar-refractivity contribution is 7.07. The van der Waals surface area contributed by atoms with Gasteiger partial charge in [0, 0.05) is 18.0 Å². The molecule has 0 atom stereocenters. The molecule has 0 N–H and O–H groups in total. The van der Waals surface area contributed by atoms with Crippen molar-refractivity contribution in [3.63, 3.8) is 0 Å². The number of rotatable bonds is 5. The number of hydrogen-bond acceptors (Lipinski definition) is 4. The van der Waals surface area contributed by atoms with Crippen LogP contribution in [0.1, 0.15) is 5.56 Å². The van der Waals surface area contributed by atoms with Gasteiger partial charge in [0.1, 0.15) is 11.6 Å². The Bertz CT molecular complexity index is 961. The van der Waals surface area contributed by atoms with E-state index in [0.717, 1.165) is 16.8 Å². The normalized spacial score (nSPS) is 12.3. The summed E-state index contributed by atoms with van der Waals surface area (Å²) in [4.78, 5) is 4.84. The van der Waals surface area contributed by atoms with E-state index in [1.165, 1.54) is 35.6 Å². The van der Waals surface area contributed by atoms with Crippen LogP contribution in [-0.2, 0) is 0 Å². The third-order valence-corrected chi connectivity index (χ3v) is 4.35. The molecule has 1 aromatic heterocycles.